The molecule has 1 atom stereocenters. The van der Waals surface area contributed by atoms with E-state index in [-0.39, 0.29) is 12.4 Å². The van der Waals surface area contributed by atoms with Gasteiger partial charge in [0.05, 0.1) is 22.2 Å². The molecular weight excluding hydrogens is 232 g/mol. The highest BCUT2D eigenvalue weighted by molar-refractivity contribution is 8.20. The zero-order valence-electron chi connectivity index (χ0n) is 8.41. The van der Waals surface area contributed by atoms with E-state index in [9.17, 15) is 13.9 Å². The highest BCUT2D eigenvalue weighted by Crippen LogP contribution is 2.46. The fourth-order valence-corrected chi connectivity index (χ4v) is 2.50. The summed E-state index contributed by atoms with van der Waals surface area (Å²) in [6, 6.07) is 8.53. The third kappa shape index (κ3) is 2.73. The average molecular weight is 244 g/mol. The minimum absolute atomic E-state index is 0.0287. The molecule has 0 bridgehead atoms. The van der Waals surface area contributed by atoms with Crippen molar-refractivity contribution in [2.45, 2.75) is 6.10 Å². The van der Waals surface area contributed by atoms with Gasteiger partial charge in [-0.15, -0.1) is 0 Å². The Labute approximate surface area is 94.5 Å². The minimum atomic E-state index is -3.00. The lowest BCUT2D eigenvalue weighted by molar-refractivity contribution is 0.0301. The van der Waals surface area contributed by atoms with Gasteiger partial charge in [-0.2, -0.15) is 0 Å². The Morgan fingerprint density at radius 1 is 1.38 bits per heavy atom. The summed E-state index contributed by atoms with van der Waals surface area (Å²) in [5.74, 6) is -0.530. The molecule has 1 aromatic rings. The van der Waals surface area contributed by atoms with Gasteiger partial charge in [-0.25, -0.2) is 4.79 Å². The summed E-state index contributed by atoms with van der Waals surface area (Å²) in [5, 5.41) is 0. The second-order valence-electron chi connectivity index (χ2n) is 3.45. The lowest BCUT2D eigenvalue weighted by atomic mass is 10.2. The van der Waals surface area contributed by atoms with Crippen LogP contribution in [0.3, 0.4) is 0 Å². The molecule has 0 spiro atoms. The maximum atomic E-state index is 11.6. The van der Waals surface area contributed by atoms with Crippen LogP contribution in [-0.2, 0) is 8.92 Å². The van der Waals surface area contributed by atoms with Crippen molar-refractivity contribution in [2.75, 3.05) is 12.4 Å². The van der Waals surface area contributed by atoms with Crippen LogP contribution >= 0.6 is 10.9 Å². The molecule has 0 aliphatic carbocycles. The van der Waals surface area contributed by atoms with Crippen LogP contribution in [0.25, 0.3) is 0 Å². The van der Waals surface area contributed by atoms with Crippen molar-refractivity contribution in [3.63, 3.8) is 0 Å². The first-order valence-electron chi connectivity index (χ1n) is 4.73. The monoisotopic (exact) mass is 244 g/mol. The Morgan fingerprint density at radius 2 is 2.06 bits per heavy atom. The Hall–Kier alpha value is -1.08. The van der Waals surface area contributed by atoms with Gasteiger partial charge in [-0.05, 0) is 12.1 Å². The lowest BCUT2D eigenvalue weighted by Gasteiger charge is -2.17. The topological polar surface area (TPSA) is 76.0 Å². The van der Waals surface area contributed by atoms with Crippen molar-refractivity contribution in [2.24, 2.45) is 0 Å². The van der Waals surface area contributed by atoms with Gasteiger partial charge in [0, 0.05) is 0 Å². The van der Waals surface area contributed by atoms with E-state index in [0.29, 0.717) is 5.56 Å². The standard InChI is InChI=1S/C10H12O5S/c11-10(8-4-2-1-3-5-8)15-9-6-14-16(12,13)7-9/h1-5,9,12-13H,6-7H2. The summed E-state index contributed by atoms with van der Waals surface area (Å²) in [6.07, 6.45) is -0.585. The molecule has 2 N–H and O–H groups in total. The van der Waals surface area contributed by atoms with Crippen LogP contribution in [0.5, 0.6) is 0 Å². The Kier molecular flexibility index (Phi) is 3.15. The second-order valence-corrected chi connectivity index (χ2v) is 5.23. The fourth-order valence-electron chi connectivity index (χ4n) is 1.38. The first kappa shape index (κ1) is 11.4. The van der Waals surface area contributed by atoms with Crippen LogP contribution in [0.4, 0.5) is 0 Å². The SMILES string of the molecule is O=C(OC1COS(O)(O)C1)c1ccccc1. The Bertz CT molecular complexity index is 378. The number of carbonyl (C=O) groups excluding carboxylic acids is 1. The predicted octanol–water partition coefficient (Wildman–Crippen LogP) is 1.91. The molecule has 1 unspecified atom stereocenters. The van der Waals surface area contributed by atoms with Crippen molar-refractivity contribution in [3.8, 4) is 0 Å². The van der Waals surface area contributed by atoms with Crippen LogP contribution in [0.15, 0.2) is 30.3 Å². The molecular formula is C10H12O5S. The molecule has 6 heteroatoms. The molecule has 0 amide bonds. The van der Waals surface area contributed by atoms with Crippen LogP contribution in [-0.4, -0.2) is 33.5 Å². The molecule has 1 aliphatic heterocycles. The minimum Gasteiger partial charge on any atom is -0.455 e. The number of hydrogen-bond donors (Lipinski definition) is 2. The van der Waals surface area contributed by atoms with Crippen molar-refractivity contribution >= 4 is 16.8 Å². The highest BCUT2D eigenvalue weighted by atomic mass is 32.3. The summed E-state index contributed by atoms with van der Waals surface area (Å²) in [5.41, 5.74) is 0.436. The number of esters is 1. The summed E-state index contributed by atoms with van der Waals surface area (Å²) >= 11 is 0. The quantitative estimate of drug-likeness (QED) is 0.777. The van der Waals surface area contributed by atoms with Crippen molar-refractivity contribution in [1.82, 2.24) is 0 Å². The average Bonchev–Trinajstić information content (AvgIpc) is 2.59. The summed E-state index contributed by atoms with van der Waals surface area (Å²) in [4.78, 5) is 11.6. The normalized spacial score (nSPS) is 25.0. The van der Waals surface area contributed by atoms with Crippen LogP contribution in [0, 0.1) is 0 Å². The molecule has 1 aliphatic rings. The van der Waals surface area contributed by atoms with Crippen molar-refractivity contribution in [1.29, 1.82) is 0 Å². The number of hydrogen-bond acceptors (Lipinski definition) is 5. The van der Waals surface area contributed by atoms with Gasteiger partial charge in [0.15, 0.2) is 0 Å². The molecule has 1 aromatic carbocycles. The molecule has 0 saturated carbocycles. The Balaban J connectivity index is 1.94. The highest BCUT2D eigenvalue weighted by Gasteiger charge is 2.35. The maximum Gasteiger partial charge on any atom is 0.338 e. The fraction of sp³-hybridized carbons (Fsp3) is 0.300. The lowest BCUT2D eigenvalue weighted by Crippen LogP contribution is -2.21. The van der Waals surface area contributed by atoms with Crippen molar-refractivity contribution < 1.29 is 22.8 Å². The second kappa shape index (κ2) is 4.42. The number of benzene rings is 1. The summed E-state index contributed by atoms with van der Waals surface area (Å²) in [7, 11) is -3.00. The molecule has 5 nitrogen and oxygen atoms in total. The smallest absolute Gasteiger partial charge is 0.338 e. The molecule has 1 saturated heterocycles. The van der Waals surface area contributed by atoms with Crippen LogP contribution < -0.4 is 0 Å². The largest absolute Gasteiger partial charge is 0.455 e. The zero-order chi connectivity index (χ0) is 11.6. The number of ether oxygens (including phenoxy) is 1. The van der Waals surface area contributed by atoms with E-state index < -0.39 is 22.9 Å². The molecule has 0 aromatic heterocycles. The van der Waals surface area contributed by atoms with Gasteiger partial charge in [0.2, 0.25) is 0 Å². The molecule has 16 heavy (non-hydrogen) atoms. The van der Waals surface area contributed by atoms with Gasteiger partial charge in [0.25, 0.3) is 0 Å². The molecule has 88 valence electrons. The van der Waals surface area contributed by atoms with E-state index in [4.69, 9.17) is 8.92 Å². The van der Waals surface area contributed by atoms with E-state index in [1.165, 1.54) is 0 Å². The van der Waals surface area contributed by atoms with Crippen LogP contribution in [0.1, 0.15) is 10.4 Å². The van der Waals surface area contributed by atoms with Crippen LogP contribution in [0.2, 0.25) is 0 Å². The molecule has 0 radical (unpaired) electrons. The van der Waals surface area contributed by atoms with Gasteiger partial charge in [-0.3, -0.25) is 4.18 Å². The van der Waals surface area contributed by atoms with E-state index in [2.05, 4.69) is 0 Å². The number of rotatable bonds is 2. The number of carbonyl (C=O) groups is 1. The molecule has 1 heterocycles. The van der Waals surface area contributed by atoms with Gasteiger partial charge in [0.1, 0.15) is 12.7 Å². The zero-order valence-corrected chi connectivity index (χ0v) is 9.22. The van der Waals surface area contributed by atoms with Gasteiger partial charge < -0.3 is 13.8 Å². The van der Waals surface area contributed by atoms with Gasteiger partial charge >= 0.3 is 5.97 Å². The predicted molar refractivity (Wildman–Crippen MR) is 59.3 cm³/mol. The van der Waals surface area contributed by atoms with Crippen molar-refractivity contribution in [3.05, 3.63) is 35.9 Å². The van der Waals surface area contributed by atoms with E-state index in [1.807, 2.05) is 0 Å². The van der Waals surface area contributed by atoms with Gasteiger partial charge in [-0.1, -0.05) is 18.2 Å². The van der Waals surface area contributed by atoms with E-state index in [1.54, 1.807) is 30.3 Å². The summed E-state index contributed by atoms with van der Waals surface area (Å²) in [6.45, 7) is 0.0287. The van der Waals surface area contributed by atoms with E-state index in [0.717, 1.165) is 0 Å². The third-order valence-corrected chi connectivity index (χ3v) is 3.45. The summed E-state index contributed by atoms with van der Waals surface area (Å²) < 4.78 is 28.1. The Morgan fingerprint density at radius 3 is 2.62 bits per heavy atom. The first-order chi connectivity index (χ1) is 7.57. The third-order valence-electron chi connectivity index (χ3n) is 2.13. The molecule has 1 fully saturated rings. The maximum absolute atomic E-state index is 11.6. The first-order valence-corrected chi connectivity index (χ1v) is 6.37. The molecule has 2 rings (SSSR count). The van der Waals surface area contributed by atoms with E-state index >= 15 is 0 Å².